The minimum Gasteiger partial charge on any atom is -0.506 e. The fraction of sp³-hybridized carbons (Fsp3) is 0.185. The first-order valence-electron chi connectivity index (χ1n) is 11.2. The summed E-state index contributed by atoms with van der Waals surface area (Å²) >= 11 is 12.1. The molecule has 2 N–H and O–H groups in total. The van der Waals surface area contributed by atoms with Gasteiger partial charge in [0.2, 0.25) is 0 Å². The molecule has 6 nitrogen and oxygen atoms in total. The van der Waals surface area contributed by atoms with E-state index in [-0.39, 0.29) is 17.8 Å². The van der Waals surface area contributed by atoms with Crippen molar-refractivity contribution in [3.63, 3.8) is 0 Å². The number of rotatable bonds is 5. The minimum absolute atomic E-state index is 0.106. The van der Waals surface area contributed by atoms with Crippen molar-refractivity contribution in [2.75, 3.05) is 12.0 Å². The molecule has 4 aromatic rings. The maximum Gasteiger partial charge on any atom is 0.174 e. The standard InChI is InChI=1S/C27H25ClN4O2S/c1-16-14-21(17(2)31(16)19-8-10-20(34-3)11-9-19)26-25(22-6-4-5-13-29-22)30-27(35)32(26)23-15-18(28)7-12-24(23)33/h4-15,25-26,33H,1-3H3,(H,30,35)/t25-,26+/m0/s1. The second kappa shape index (κ2) is 9.24. The Morgan fingerprint density at radius 3 is 2.51 bits per heavy atom. The monoisotopic (exact) mass is 504 g/mol. The number of pyridine rings is 1. The van der Waals surface area contributed by atoms with Crippen LogP contribution in [0.4, 0.5) is 5.69 Å². The average Bonchev–Trinajstić information content (AvgIpc) is 3.36. The Hall–Kier alpha value is -3.55. The Labute approximate surface area is 214 Å². The SMILES string of the molecule is COc1ccc(-n2c(C)cc([C@@H]3[C@H](c4ccccn4)NC(=S)N3c3cc(Cl)ccc3O)c2C)cc1. The molecule has 0 unspecified atom stereocenters. The van der Waals surface area contributed by atoms with Gasteiger partial charge < -0.3 is 24.6 Å². The molecule has 1 fully saturated rings. The van der Waals surface area contributed by atoms with Gasteiger partial charge in [0.15, 0.2) is 5.11 Å². The third kappa shape index (κ3) is 4.11. The Morgan fingerprint density at radius 2 is 1.83 bits per heavy atom. The van der Waals surface area contributed by atoms with E-state index in [9.17, 15) is 5.11 Å². The summed E-state index contributed by atoms with van der Waals surface area (Å²) in [5.41, 5.74) is 5.66. The van der Waals surface area contributed by atoms with Crippen LogP contribution >= 0.6 is 23.8 Å². The molecule has 3 heterocycles. The van der Waals surface area contributed by atoms with Gasteiger partial charge >= 0.3 is 0 Å². The highest BCUT2D eigenvalue weighted by Gasteiger charge is 2.43. The lowest BCUT2D eigenvalue weighted by Gasteiger charge is -2.28. The van der Waals surface area contributed by atoms with Crippen molar-refractivity contribution in [1.29, 1.82) is 0 Å². The number of aromatic hydroxyl groups is 1. The molecule has 0 saturated carbocycles. The normalized spacial score (nSPS) is 17.5. The number of phenolic OH excluding ortho intramolecular Hbond substituents is 1. The number of anilines is 1. The fourth-order valence-electron chi connectivity index (χ4n) is 4.84. The van der Waals surface area contributed by atoms with Gasteiger partial charge in [0.1, 0.15) is 11.5 Å². The molecule has 2 aromatic heterocycles. The van der Waals surface area contributed by atoms with Crippen LogP contribution in [0.15, 0.2) is 72.9 Å². The first kappa shape index (κ1) is 23.2. The van der Waals surface area contributed by atoms with Crippen molar-refractivity contribution in [3.05, 3.63) is 101 Å². The van der Waals surface area contributed by atoms with E-state index < -0.39 is 0 Å². The number of benzene rings is 2. The van der Waals surface area contributed by atoms with Gasteiger partial charge in [-0.25, -0.2) is 0 Å². The Morgan fingerprint density at radius 1 is 1.06 bits per heavy atom. The number of nitrogens with one attached hydrogen (secondary N) is 1. The number of hydrogen-bond donors (Lipinski definition) is 2. The quantitative estimate of drug-likeness (QED) is 0.323. The highest BCUT2D eigenvalue weighted by Crippen LogP contribution is 2.46. The highest BCUT2D eigenvalue weighted by atomic mass is 35.5. The fourth-order valence-corrected chi connectivity index (χ4v) is 5.34. The van der Waals surface area contributed by atoms with Crippen LogP contribution in [0.5, 0.6) is 11.5 Å². The third-order valence-corrected chi connectivity index (χ3v) is 6.96. The molecule has 0 aliphatic carbocycles. The van der Waals surface area contributed by atoms with Crippen LogP contribution in [0.2, 0.25) is 5.02 Å². The molecular formula is C27H25ClN4O2S. The molecule has 0 radical (unpaired) electrons. The van der Waals surface area contributed by atoms with Crippen LogP contribution in [0.25, 0.3) is 5.69 Å². The molecule has 1 saturated heterocycles. The Kier molecular flexibility index (Phi) is 6.13. The minimum atomic E-state index is -0.264. The molecule has 0 amide bonds. The van der Waals surface area contributed by atoms with E-state index in [1.807, 2.05) is 47.4 Å². The lowest BCUT2D eigenvalue weighted by atomic mass is 9.96. The summed E-state index contributed by atoms with van der Waals surface area (Å²) in [6.45, 7) is 4.18. The smallest absolute Gasteiger partial charge is 0.174 e. The zero-order valence-electron chi connectivity index (χ0n) is 19.6. The zero-order valence-corrected chi connectivity index (χ0v) is 21.1. The molecule has 35 heavy (non-hydrogen) atoms. The molecule has 8 heteroatoms. The molecule has 2 aromatic carbocycles. The summed E-state index contributed by atoms with van der Waals surface area (Å²) in [4.78, 5) is 6.56. The molecule has 1 aliphatic heterocycles. The van der Waals surface area contributed by atoms with E-state index in [2.05, 4.69) is 34.8 Å². The number of thiocarbonyl (C=S) groups is 1. The van der Waals surface area contributed by atoms with Gasteiger partial charge in [0, 0.05) is 28.3 Å². The first-order chi connectivity index (χ1) is 16.9. The summed E-state index contributed by atoms with van der Waals surface area (Å²) in [5, 5.41) is 15.2. The molecule has 0 bridgehead atoms. The van der Waals surface area contributed by atoms with Crippen molar-refractivity contribution in [2.24, 2.45) is 0 Å². The summed E-state index contributed by atoms with van der Waals surface area (Å²) in [5.74, 6) is 0.911. The number of phenols is 1. The Balaban J connectivity index is 1.68. The van der Waals surface area contributed by atoms with Gasteiger partial charge in [0.25, 0.3) is 0 Å². The van der Waals surface area contributed by atoms with E-state index in [4.69, 9.17) is 28.6 Å². The predicted octanol–water partition coefficient (Wildman–Crippen LogP) is 6.03. The van der Waals surface area contributed by atoms with Gasteiger partial charge in [-0.3, -0.25) is 4.98 Å². The largest absolute Gasteiger partial charge is 0.506 e. The van der Waals surface area contributed by atoms with Crippen LogP contribution in [0, 0.1) is 13.8 Å². The van der Waals surface area contributed by atoms with Gasteiger partial charge in [-0.05, 0) is 92.3 Å². The maximum absolute atomic E-state index is 10.8. The van der Waals surface area contributed by atoms with Crippen LogP contribution in [0.3, 0.4) is 0 Å². The number of halogens is 1. The van der Waals surface area contributed by atoms with Crippen LogP contribution in [0.1, 0.15) is 34.7 Å². The Bertz CT molecular complexity index is 1390. The summed E-state index contributed by atoms with van der Waals surface area (Å²) in [6.07, 6.45) is 1.78. The van der Waals surface area contributed by atoms with Crippen LogP contribution in [-0.4, -0.2) is 26.9 Å². The van der Waals surface area contributed by atoms with Crippen molar-refractivity contribution in [1.82, 2.24) is 14.9 Å². The van der Waals surface area contributed by atoms with Gasteiger partial charge in [-0.15, -0.1) is 0 Å². The average molecular weight is 505 g/mol. The number of ether oxygens (including phenoxy) is 1. The van der Waals surface area contributed by atoms with E-state index >= 15 is 0 Å². The lowest BCUT2D eigenvalue weighted by molar-refractivity contribution is 0.414. The molecule has 2 atom stereocenters. The van der Waals surface area contributed by atoms with Crippen molar-refractivity contribution in [2.45, 2.75) is 25.9 Å². The summed E-state index contributed by atoms with van der Waals surface area (Å²) in [7, 11) is 1.66. The topological polar surface area (TPSA) is 62.5 Å². The summed E-state index contributed by atoms with van der Waals surface area (Å²) in [6, 6.07) is 20.5. The molecule has 1 aliphatic rings. The molecule has 5 rings (SSSR count). The second-order valence-corrected chi connectivity index (χ2v) is 9.31. The van der Waals surface area contributed by atoms with Crippen molar-refractivity contribution < 1.29 is 9.84 Å². The lowest BCUT2D eigenvalue weighted by Crippen LogP contribution is -2.29. The van der Waals surface area contributed by atoms with E-state index in [1.165, 1.54) is 0 Å². The predicted molar refractivity (Wildman–Crippen MR) is 143 cm³/mol. The number of hydrogen-bond acceptors (Lipinski definition) is 4. The third-order valence-electron chi connectivity index (χ3n) is 6.41. The van der Waals surface area contributed by atoms with Crippen LogP contribution < -0.4 is 15.0 Å². The second-order valence-electron chi connectivity index (χ2n) is 8.49. The summed E-state index contributed by atoms with van der Waals surface area (Å²) < 4.78 is 7.54. The number of nitrogens with zero attached hydrogens (tertiary/aromatic N) is 3. The van der Waals surface area contributed by atoms with E-state index in [0.717, 1.165) is 34.1 Å². The van der Waals surface area contributed by atoms with E-state index in [0.29, 0.717) is 15.8 Å². The van der Waals surface area contributed by atoms with E-state index in [1.54, 1.807) is 31.5 Å². The molecule has 0 spiro atoms. The van der Waals surface area contributed by atoms with Crippen molar-refractivity contribution >= 4 is 34.6 Å². The first-order valence-corrected chi connectivity index (χ1v) is 12.0. The van der Waals surface area contributed by atoms with Gasteiger partial charge in [-0.2, -0.15) is 0 Å². The zero-order chi connectivity index (χ0) is 24.7. The number of methoxy groups -OCH3 is 1. The maximum atomic E-state index is 10.8. The van der Waals surface area contributed by atoms with Gasteiger partial charge in [0.05, 0.1) is 30.6 Å². The van der Waals surface area contributed by atoms with Gasteiger partial charge in [-0.1, -0.05) is 17.7 Å². The number of aryl methyl sites for hydroxylation is 1. The van der Waals surface area contributed by atoms with Crippen molar-refractivity contribution in [3.8, 4) is 17.2 Å². The molecular weight excluding hydrogens is 480 g/mol. The van der Waals surface area contributed by atoms with Crippen LogP contribution in [-0.2, 0) is 0 Å². The number of aromatic nitrogens is 2. The molecule has 178 valence electrons. The highest BCUT2D eigenvalue weighted by molar-refractivity contribution is 7.80.